The van der Waals surface area contributed by atoms with E-state index in [0.717, 1.165) is 5.56 Å². The number of hydrogen-bond donors (Lipinski definition) is 2. The van der Waals surface area contributed by atoms with Crippen LogP contribution in [0.25, 0.3) is 0 Å². The molecule has 2 N–H and O–H groups in total. The number of fused-ring (bicyclic) bond motifs is 1. The summed E-state index contributed by atoms with van der Waals surface area (Å²) in [6, 6.07) is 15.0. The van der Waals surface area contributed by atoms with E-state index in [9.17, 15) is 19.2 Å². The van der Waals surface area contributed by atoms with Gasteiger partial charge < -0.3 is 10.6 Å². The summed E-state index contributed by atoms with van der Waals surface area (Å²) in [6.45, 7) is 4.53. The molecule has 0 atom stereocenters. The van der Waals surface area contributed by atoms with Crippen LogP contribution >= 0.6 is 0 Å². The Bertz CT molecular complexity index is 1250. The van der Waals surface area contributed by atoms with E-state index in [1.807, 2.05) is 13.8 Å². The molecule has 0 aliphatic carbocycles. The summed E-state index contributed by atoms with van der Waals surface area (Å²) in [6.07, 6.45) is 3.10. The van der Waals surface area contributed by atoms with E-state index in [1.165, 1.54) is 23.2 Å². The highest BCUT2D eigenvalue weighted by Crippen LogP contribution is 2.25. The van der Waals surface area contributed by atoms with Gasteiger partial charge in [-0.1, -0.05) is 26.0 Å². The second-order valence-corrected chi connectivity index (χ2v) is 8.45. The molecule has 2 aromatic carbocycles. The highest BCUT2D eigenvalue weighted by Gasteiger charge is 2.36. The Balaban J connectivity index is 1.38. The number of nitrogens with one attached hydrogen (secondary N) is 2. The maximum absolute atomic E-state index is 12.7. The van der Waals surface area contributed by atoms with Gasteiger partial charge in [0.15, 0.2) is 0 Å². The summed E-state index contributed by atoms with van der Waals surface area (Å²) in [5, 5.41) is 5.61. The third-order valence-corrected chi connectivity index (χ3v) is 5.37. The third-order valence-electron chi connectivity index (χ3n) is 5.37. The van der Waals surface area contributed by atoms with Crippen molar-refractivity contribution in [3.63, 3.8) is 0 Å². The van der Waals surface area contributed by atoms with Crippen molar-refractivity contribution in [3.05, 3.63) is 94.8 Å². The number of carbonyl (C=O) groups excluding carboxylic acids is 4. The second-order valence-electron chi connectivity index (χ2n) is 8.45. The quantitative estimate of drug-likeness (QED) is 0.529. The first-order valence-electron chi connectivity index (χ1n) is 10.9. The lowest BCUT2D eigenvalue weighted by atomic mass is 10.1. The number of aromatic nitrogens is 1. The van der Waals surface area contributed by atoms with Crippen molar-refractivity contribution >= 4 is 29.3 Å². The van der Waals surface area contributed by atoms with Crippen molar-refractivity contribution in [2.75, 3.05) is 11.9 Å². The topological polar surface area (TPSA) is 108 Å². The van der Waals surface area contributed by atoms with Crippen LogP contribution in [0.5, 0.6) is 0 Å². The molecule has 1 aliphatic rings. The Hall–Kier alpha value is -4.33. The minimum Gasteiger partial charge on any atom is -0.348 e. The van der Waals surface area contributed by atoms with E-state index in [-0.39, 0.29) is 35.1 Å². The van der Waals surface area contributed by atoms with Crippen LogP contribution in [0, 0.1) is 5.92 Å². The summed E-state index contributed by atoms with van der Waals surface area (Å²) in [5.74, 6) is -1.16. The molecule has 1 aromatic heterocycles. The average molecular weight is 457 g/mol. The molecule has 4 rings (SSSR count). The highest BCUT2D eigenvalue weighted by molar-refractivity contribution is 6.22. The fourth-order valence-electron chi connectivity index (χ4n) is 3.65. The van der Waals surface area contributed by atoms with Gasteiger partial charge in [-0.2, -0.15) is 0 Å². The predicted molar refractivity (Wildman–Crippen MR) is 126 cm³/mol. The summed E-state index contributed by atoms with van der Waals surface area (Å²) in [4.78, 5) is 55.2. The van der Waals surface area contributed by atoms with Gasteiger partial charge in [0.1, 0.15) is 0 Å². The van der Waals surface area contributed by atoms with Crippen LogP contribution in [0.2, 0.25) is 0 Å². The zero-order chi connectivity index (χ0) is 24.2. The number of amides is 4. The van der Waals surface area contributed by atoms with E-state index in [4.69, 9.17) is 0 Å². The number of hydrogen-bond acceptors (Lipinski definition) is 5. The molecule has 0 spiro atoms. The maximum atomic E-state index is 12.7. The van der Waals surface area contributed by atoms with Crippen LogP contribution in [0.15, 0.2) is 67.0 Å². The van der Waals surface area contributed by atoms with E-state index in [1.54, 1.807) is 48.7 Å². The summed E-state index contributed by atoms with van der Waals surface area (Å²) in [5.41, 5.74) is 2.77. The molecular formula is C26H24N4O4. The van der Waals surface area contributed by atoms with Gasteiger partial charge >= 0.3 is 0 Å². The first kappa shape index (κ1) is 22.8. The summed E-state index contributed by atoms with van der Waals surface area (Å²) >= 11 is 0. The average Bonchev–Trinajstić information content (AvgIpc) is 3.08. The van der Waals surface area contributed by atoms with Crippen molar-refractivity contribution < 1.29 is 19.2 Å². The smallest absolute Gasteiger partial charge is 0.261 e. The molecule has 0 saturated carbocycles. The number of anilines is 1. The van der Waals surface area contributed by atoms with Gasteiger partial charge in [-0.15, -0.1) is 0 Å². The predicted octanol–water partition coefficient (Wildman–Crippen LogP) is 3.52. The molecule has 1 aliphatic heterocycles. The fourth-order valence-corrected chi connectivity index (χ4v) is 3.65. The second kappa shape index (κ2) is 9.66. The SMILES string of the molecule is CC(C)CN1C(=O)c2ccc(C(=O)Nc3ccc(CNC(=O)c4cccnc4)cc3)cc2C1=O. The monoisotopic (exact) mass is 456 g/mol. The maximum Gasteiger partial charge on any atom is 0.261 e. The van der Waals surface area contributed by atoms with Crippen molar-refractivity contribution in [3.8, 4) is 0 Å². The van der Waals surface area contributed by atoms with Gasteiger partial charge in [-0.05, 0) is 53.9 Å². The first-order valence-corrected chi connectivity index (χ1v) is 10.9. The summed E-state index contributed by atoms with van der Waals surface area (Å²) < 4.78 is 0. The Labute approximate surface area is 197 Å². The molecule has 2 heterocycles. The Morgan fingerprint density at radius 3 is 2.32 bits per heavy atom. The van der Waals surface area contributed by atoms with E-state index >= 15 is 0 Å². The number of carbonyl (C=O) groups is 4. The van der Waals surface area contributed by atoms with Gasteiger partial charge in [-0.3, -0.25) is 29.1 Å². The fraction of sp³-hybridized carbons (Fsp3) is 0.192. The molecule has 0 bridgehead atoms. The Morgan fingerprint density at radius 1 is 0.912 bits per heavy atom. The number of nitrogens with zero attached hydrogens (tertiary/aromatic N) is 2. The lowest BCUT2D eigenvalue weighted by Gasteiger charge is -2.15. The number of pyridine rings is 1. The van der Waals surface area contributed by atoms with Crippen molar-refractivity contribution in [2.24, 2.45) is 5.92 Å². The minimum absolute atomic E-state index is 0.150. The van der Waals surface area contributed by atoms with Gasteiger partial charge in [0.05, 0.1) is 16.7 Å². The number of benzene rings is 2. The van der Waals surface area contributed by atoms with Crippen LogP contribution in [0.1, 0.15) is 60.8 Å². The van der Waals surface area contributed by atoms with Gasteiger partial charge in [0, 0.05) is 36.7 Å². The van der Waals surface area contributed by atoms with Crippen molar-refractivity contribution in [2.45, 2.75) is 20.4 Å². The van der Waals surface area contributed by atoms with E-state index in [2.05, 4.69) is 15.6 Å². The molecular weight excluding hydrogens is 432 g/mol. The molecule has 34 heavy (non-hydrogen) atoms. The van der Waals surface area contributed by atoms with Crippen molar-refractivity contribution in [1.82, 2.24) is 15.2 Å². The Morgan fingerprint density at radius 2 is 1.65 bits per heavy atom. The van der Waals surface area contributed by atoms with E-state index < -0.39 is 0 Å². The zero-order valence-electron chi connectivity index (χ0n) is 18.9. The van der Waals surface area contributed by atoms with Crippen LogP contribution in [-0.2, 0) is 6.54 Å². The summed E-state index contributed by atoms with van der Waals surface area (Å²) in [7, 11) is 0. The van der Waals surface area contributed by atoms with Gasteiger partial charge in [-0.25, -0.2) is 0 Å². The molecule has 0 fully saturated rings. The van der Waals surface area contributed by atoms with Crippen molar-refractivity contribution in [1.29, 1.82) is 0 Å². The molecule has 0 radical (unpaired) electrons. The van der Waals surface area contributed by atoms with Crippen LogP contribution in [0.3, 0.4) is 0 Å². The highest BCUT2D eigenvalue weighted by atomic mass is 16.2. The zero-order valence-corrected chi connectivity index (χ0v) is 18.9. The molecule has 172 valence electrons. The largest absolute Gasteiger partial charge is 0.348 e. The van der Waals surface area contributed by atoms with Gasteiger partial charge in [0.2, 0.25) is 0 Å². The Kier molecular flexibility index (Phi) is 6.49. The van der Waals surface area contributed by atoms with Crippen LogP contribution in [0.4, 0.5) is 5.69 Å². The number of rotatable bonds is 7. The third kappa shape index (κ3) is 4.85. The molecule has 3 aromatic rings. The van der Waals surface area contributed by atoms with Crippen LogP contribution < -0.4 is 10.6 Å². The van der Waals surface area contributed by atoms with Crippen LogP contribution in [-0.4, -0.2) is 40.1 Å². The lowest BCUT2D eigenvalue weighted by molar-refractivity contribution is 0.0635. The normalized spacial score (nSPS) is 12.6. The van der Waals surface area contributed by atoms with Gasteiger partial charge in [0.25, 0.3) is 23.6 Å². The first-order chi connectivity index (χ1) is 16.3. The molecule has 4 amide bonds. The standard InChI is InChI=1S/C26H24N4O4/c1-16(2)15-30-25(33)21-10-7-18(12-22(21)26(30)34)24(32)29-20-8-5-17(6-9-20)13-28-23(31)19-4-3-11-27-14-19/h3-12,14,16H,13,15H2,1-2H3,(H,28,31)(H,29,32). The molecule has 8 nitrogen and oxygen atoms in total. The molecule has 0 saturated heterocycles. The molecule has 8 heteroatoms. The lowest BCUT2D eigenvalue weighted by Crippen LogP contribution is -2.33. The number of imide groups is 1. The molecule has 0 unspecified atom stereocenters. The minimum atomic E-state index is -0.386. The van der Waals surface area contributed by atoms with E-state index in [0.29, 0.717) is 35.5 Å².